The Morgan fingerprint density at radius 2 is 1.50 bits per heavy atom. The first-order valence-electron chi connectivity index (χ1n) is 4.46. The van der Waals surface area contributed by atoms with Gasteiger partial charge < -0.3 is 0 Å². The predicted octanol–water partition coefficient (Wildman–Crippen LogP) is 4.62. The predicted molar refractivity (Wildman–Crippen MR) is 52.6 cm³/mol. The van der Waals surface area contributed by atoms with Gasteiger partial charge in [-0.15, -0.1) is 0 Å². The van der Waals surface area contributed by atoms with E-state index in [0.717, 1.165) is 18.2 Å². The van der Waals surface area contributed by atoms with Gasteiger partial charge in [-0.05, 0) is 17.7 Å². The second-order valence-corrected chi connectivity index (χ2v) is 4.37. The highest BCUT2D eigenvalue weighted by atomic mass is 79.9. The lowest BCUT2D eigenvalue weighted by molar-refractivity contribution is -0.340. The van der Waals surface area contributed by atoms with Crippen molar-refractivity contribution in [2.24, 2.45) is 0 Å². The summed E-state index contributed by atoms with van der Waals surface area (Å²) in [4.78, 5) is 0. The summed E-state index contributed by atoms with van der Waals surface area (Å²) in [5.74, 6) is 0. The molecule has 0 N–H and O–H groups in total. The molecule has 1 rings (SSSR count). The quantitative estimate of drug-likeness (QED) is 0.690. The average Bonchev–Trinajstić information content (AvgIpc) is 2.13. The number of hydrogen-bond acceptors (Lipinski definition) is 0. The molecule has 0 saturated heterocycles. The zero-order valence-corrected chi connectivity index (χ0v) is 10.0. The number of hydrogen-bond donors (Lipinski definition) is 0. The number of benzene rings is 1. The number of alkyl halides is 7. The molecular weight excluding hydrogens is 333 g/mol. The molecule has 0 bridgehead atoms. The molecule has 0 aliphatic carbocycles. The van der Waals surface area contributed by atoms with Gasteiger partial charge >= 0.3 is 18.0 Å². The van der Waals surface area contributed by atoms with Crippen LogP contribution in [0.1, 0.15) is 5.56 Å². The molecule has 0 spiro atoms. The van der Waals surface area contributed by atoms with E-state index in [2.05, 4.69) is 22.0 Å². The number of halogens is 8. The molecule has 0 aliphatic heterocycles. The summed E-state index contributed by atoms with van der Waals surface area (Å²) < 4.78 is 87.1. The van der Waals surface area contributed by atoms with Crippen LogP contribution in [0, 0.1) is 6.07 Å². The molecule has 0 aliphatic rings. The van der Waals surface area contributed by atoms with Crippen molar-refractivity contribution >= 4 is 15.9 Å². The van der Waals surface area contributed by atoms with E-state index in [-0.39, 0.29) is 4.47 Å². The van der Waals surface area contributed by atoms with E-state index in [1.165, 1.54) is 0 Å². The minimum Gasteiger partial charge on any atom is -0.223 e. The summed E-state index contributed by atoms with van der Waals surface area (Å²) in [7, 11) is 0. The van der Waals surface area contributed by atoms with Gasteiger partial charge in [-0.25, -0.2) is 4.39 Å². The van der Waals surface area contributed by atoms with E-state index >= 15 is 0 Å². The zero-order chi connectivity index (χ0) is 14.2. The van der Waals surface area contributed by atoms with Crippen LogP contribution in [0.3, 0.4) is 0 Å². The standard InChI is InChI=1S/C10H5BrF7/c11-7-3-1-2-6(4-7)5-8(12,9(13,14)15)10(16,17)18/h1-2,4H,5H2. The molecular formula is C10H5BrF7. The van der Waals surface area contributed by atoms with Crippen molar-refractivity contribution in [3.05, 3.63) is 34.3 Å². The van der Waals surface area contributed by atoms with Crippen LogP contribution in [-0.2, 0) is 6.42 Å². The molecule has 18 heavy (non-hydrogen) atoms. The minimum atomic E-state index is -6.03. The molecule has 0 fully saturated rings. The van der Waals surface area contributed by atoms with Crippen LogP contribution in [0.25, 0.3) is 0 Å². The van der Waals surface area contributed by atoms with Crippen LogP contribution in [0.5, 0.6) is 0 Å². The highest BCUT2D eigenvalue weighted by molar-refractivity contribution is 9.10. The Balaban J connectivity index is 3.16. The van der Waals surface area contributed by atoms with Gasteiger partial charge in [0.25, 0.3) is 0 Å². The van der Waals surface area contributed by atoms with Crippen LogP contribution >= 0.6 is 15.9 Å². The van der Waals surface area contributed by atoms with E-state index in [1.807, 2.05) is 0 Å². The monoisotopic (exact) mass is 337 g/mol. The van der Waals surface area contributed by atoms with Crippen molar-refractivity contribution in [3.63, 3.8) is 0 Å². The molecule has 0 aromatic heterocycles. The summed E-state index contributed by atoms with van der Waals surface area (Å²) >= 11 is 2.83. The fourth-order valence-corrected chi connectivity index (χ4v) is 1.66. The Bertz CT molecular complexity index is 407. The van der Waals surface area contributed by atoms with E-state index in [4.69, 9.17) is 0 Å². The lowest BCUT2D eigenvalue weighted by Crippen LogP contribution is -2.54. The summed E-state index contributed by atoms with van der Waals surface area (Å²) in [6, 6.07) is 5.46. The first kappa shape index (κ1) is 15.3. The molecule has 0 nitrogen and oxygen atoms in total. The Labute approximate surface area is 106 Å². The molecule has 0 heterocycles. The fraction of sp³-hybridized carbons (Fsp3) is 0.400. The van der Waals surface area contributed by atoms with Crippen molar-refractivity contribution in [1.82, 2.24) is 0 Å². The van der Waals surface area contributed by atoms with Crippen LogP contribution in [0.4, 0.5) is 30.7 Å². The summed E-state index contributed by atoms with van der Waals surface area (Å²) in [5, 5.41) is 0. The van der Waals surface area contributed by atoms with Gasteiger partial charge in [0.1, 0.15) is 0 Å². The van der Waals surface area contributed by atoms with Crippen molar-refractivity contribution < 1.29 is 30.7 Å². The van der Waals surface area contributed by atoms with Crippen molar-refractivity contribution in [2.45, 2.75) is 24.4 Å². The van der Waals surface area contributed by atoms with Crippen LogP contribution < -0.4 is 0 Å². The molecule has 0 unspecified atom stereocenters. The normalized spacial score (nSPS) is 13.8. The zero-order valence-electron chi connectivity index (χ0n) is 8.46. The van der Waals surface area contributed by atoms with E-state index < -0.39 is 30.0 Å². The first-order chi connectivity index (χ1) is 7.97. The largest absolute Gasteiger partial charge is 0.431 e. The van der Waals surface area contributed by atoms with E-state index in [9.17, 15) is 30.7 Å². The van der Waals surface area contributed by atoms with Gasteiger partial charge in [0, 0.05) is 10.9 Å². The Hall–Kier alpha value is -0.790. The van der Waals surface area contributed by atoms with Gasteiger partial charge in [0.15, 0.2) is 0 Å². The summed E-state index contributed by atoms with van der Waals surface area (Å²) in [6.07, 6.45) is -13.9. The van der Waals surface area contributed by atoms with Gasteiger partial charge in [0.05, 0.1) is 0 Å². The Morgan fingerprint density at radius 1 is 1.00 bits per heavy atom. The fourth-order valence-electron chi connectivity index (χ4n) is 1.23. The van der Waals surface area contributed by atoms with Gasteiger partial charge in [-0.2, -0.15) is 26.3 Å². The van der Waals surface area contributed by atoms with E-state index in [1.54, 1.807) is 0 Å². The second-order valence-electron chi connectivity index (χ2n) is 3.52. The lowest BCUT2D eigenvalue weighted by atomic mass is 9.95. The topological polar surface area (TPSA) is 0 Å². The Kier molecular flexibility index (Phi) is 4.00. The number of rotatable bonds is 2. The molecule has 1 aromatic rings. The van der Waals surface area contributed by atoms with Crippen LogP contribution in [0.15, 0.2) is 22.7 Å². The van der Waals surface area contributed by atoms with Crippen molar-refractivity contribution in [2.75, 3.05) is 0 Å². The van der Waals surface area contributed by atoms with Gasteiger partial charge in [-0.3, -0.25) is 0 Å². The summed E-state index contributed by atoms with van der Waals surface area (Å²) in [6.45, 7) is 0. The first-order valence-corrected chi connectivity index (χ1v) is 5.25. The molecule has 0 amide bonds. The molecule has 101 valence electrons. The lowest BCUT2D eigenvalue weighted by Gasteiger charge is -2.30. The molecule has 0 saturated carbocycles. The minimum absolute atomic E-state index is 0.145. The van der Waals surface area contributed by atoms with Crippen LogP contribution in [0.2, 0.25) is 0 Å². The molecule has 0 atom stereocenters. The van der Waals surface area contributed by atoms with Crippen LogP contribution in [-0.4, -0.2) is 18.0 Å². The van der Waals surface area contributed by atoms with Gasteiger partial charge in [-0.1, -0.05) is 28.1 Å². The third-order valence-electron chi connectivity index (χ3n) is 2.18. The second kappa shape index (κ2) is 4.71. The summed E-state index contributed by atoms with van der Waals surface area (Å²) in [5.41, 5.74) is -5.70. The average molecular weight is 338 g/mol. The maximum Gasteiger partial charge on any atom is 0.431 e. The molecule has 1 radical (unpaired) electrons. The highest BCUT2D eigenvalue weighted by Gasteiger charge is 2.72. The third-order valence-corrected chi connectivity index (χ3v) is 2.63. The Morgan fingerprint density at radius 3 is 1.89 bits per heavy atom. The van der Waals surface area contributed by atoms with Crippen molar-refractivity contribution in [1.29, 1.82) is 0 Å². The van der Waals surface area contributed by atoms with Gasteiger partial charge in [0.2, 0.25) is 0 Å². The third kappa shape index (κ3) is 2.96. The van der Waals surface area contributed by atoms with Crippen molar-refractivity contribution in [3.8, 4) is 0 Å². The maximum atomic E-state index is 13.3. The SMILES string of the molecule is FC(F)(F)C(F)(Cc1cc[c]c(Br)c1)C(F)(F)F. The molecule has 1 aromatic carbocycles. The molecule has 8 heteroatoms. The van der Waals surface area contributed by atoms with E-state index in [0.29, 0.717) is 0 Å². The smallest absolute Gasteiger partial charge is 0.223 e. The maximum absolute atomic E-state index is 13.3. The highest BCUT2D eigenvalue weighted by Crippen LogP contribution is 2.48.